The number of anilines is 1. The molecule has 0 spiro atoms. The number of hydrogen-bond acceptors (Lipinski definition) is 6. The summed E-state index contributed by atoms with van der Waals surface area (Å²) >= 11 is 4.59. The number of barbiturate groups is 1. The van der Waals surface area contributed by atoms with Gasteiger partial charge in [0.25, 0.3) is 11.8 Å². The maximum Gasteiger partial charge on any atom is 0.335 e. The Balaban J connectivity index is 1.41. The molecule has 1 aliphatic heterocycles. The van der Waals surface area contributed by atoms with E-state index in [-0.39, 0.29) is 5.57 Å². The second kappa shape index (κ2) is 8.13. The number of rotatable bonds is 4. The maximum atomic E-state index is 13.0. The minimum atomic E-state index is -0.809. The summed E-state index contributed by atoms with van der Waals surface area (Å²) < 4.78 is 6.44. The summed E-state index contributed by atoms with van der Waals surface area (Å²) in [6.45, 7) is 0. The second-order valence-electron chi connectivity index (χ2n) is 6.76. The molecule has 1 saturated heterocycles. The molecular weight excluding hydrogens is 496 g/mol. The Bertz CT molecular complexity index is 1390. The molecule has 158 valence electrons. The van der Waals surface area contributed by atoms with Gasteiger partial charge in [0.1, 0.15) is 11.3 Å². The Hall–Kier alpha value is -3.63. The van der Waals surface area contributed by atoms with Crippen LogP contribution in [0, 0.1) is 0 Å². The molecule has 1 aliphatic rings. The highest BCUT2D eigenvalue weighted by Gasteiger charge is 2.37. The molecule has 0 atom stereocenters. The van der Waals surface area contributed by atoms with Crippen LogP contribution in [0.1, 0.15) is 5.76 Å². The van der Waals surface area contributed by atoms with E-state index in [1.165, 1.54) is 17.8 Å². The highest BCUT2D eigenvalue weighted by molar-refractivity contribution is 9.10. The number of imide groups is 2. The first-order chi connectivity index (χ1) is 15.5. The normalized spacial score (nSPS) is 15.6. The van der Waals surface area contributed by atoms with E-state index < -0.39 is 17.8 Å². The van der Waals surface area contributed by atoms with Gasteiger partial charge in [-0.15, -0.1) is 0 Å². The van der Waals surface area contributed by atoms with Crippen molar-refractivity contribution >= 4 is 68.3 Å². The second-order valence-corrected chi connectivity index (χ2v) is 8.66. The van der Waals surface area contributed by atoms with E-state index >= 15 is 0 Å². The van der Waals surface area contributed by atoms with Crippen LogP contribution in [-0.4, -0.2) is 27.8 Å². The van der Waals surface area contributed by atoms with Crippen molar-refractivity contribution in [1.29, 1.82) is 0 Å². The van der Waals surface area contributed by atoms with Crippen LogP contribution >= 0.6 is 27.7 Å². The van der Waals surface area contributed by atoms with Crippen molar-refractivity contribution in [2.45, 2.75) is 10.2 Å². The molecule has 4 amide bonds. The van der Waals surface area contributed by atoms with E-state index in [2.05, 4.69) is 31.2 Å². The zero-order valence-electron chi connectivity index (χ0n) is 16.2. The Kier molecular flexibility index (Phi) is 5.16. The van der Waals surface area contributed by atoms with Crippen molar-refractivity contribution in [2.24, 2.45) is 0 Å². The van der Waals surface area contributed by atoms with Gasteiger partial charge in [0.05, 0.1) is 16.7 Å². The molecule has 4 aromatic rings. The van der Waals surface area contributed by atoms with Gasteiger partial charge in [-0.05, 0) is 60.3 Å². The van der Waals surface area contributed by atoms with Gasteiger partial charge in [0.15, 0.2) is 10.2 Å². The van der Waals surface area contributed by atoms with Crippen LogP contribution in [0.2, 0.25) is 0 Å². The van der Waals surface area contributed by atoms with Crippen molar-refractivity contribution in [1.82, 2.24) is 15.3 Å². The predicted molar refractivity (Wildman–Crippen MR) is 122 cm³/mol. The maximum absolute atomic E-state index is 13.0. The molecule has 2 aromatic heterocycles. The third kappa shape index (κ3) is 3.85. The van der Waals surface area contributed by atoms with E-state index in [0.717, 1.165) is 15.9 Å². The molecule has 2 N–H and O–H groups in total. The predicted octanol–water partition coefficient (Wildman–Crippen LogP) is 4.74. The van der Waals surface area contributed by atoms with Gasteiger partial charge >= 0.3 is 6.03 Å². The number of urea groups is 1. The number of aromatic amines is 1. The molecule has 0 bridgehead atoms. The Morgan fingerprint density at radius 3 is 2.69 bits per heavy atom. The molecule has 1 fully saturated rings. The van der Waals surface area contributed by atoms with Crippen molar-refractivity contribution in [3.63, 3.8) is 0 Å². The number of halogens is 1. The van der Waals surface area contributed by atoms with Crippen molar-refractivity contribution < 1.29 is 18.8 Å². The lowest BCUT2D eigenvalue weighted by Crippen LogP contribution is -2.54. The number of hydrogen-bond donors (Lipinski definition) is 2. The average molecular weight is 509 g/mol. The molecule has 32 heavy (non-hydrogen) atoms. The minimum absolute atomic E-state index is 0.209. The van der Waals surface area contributed by atoms with Crippen LogP contribution in [0.3, 0.4) is 0 Å². The Labute approximate surface area is 193 Å². The van der Waals surface area contributed by atoms with Gasteiger partial charge < -0.3 is 9.40 Å². The van der Waals surface area contributed by atoms with Crippen LogP contribution in [0.4, 0.5) is 10.5 Å². The van der Waals surface area contributed by atoms with E-state index in [0.29, 0.717) is 26.2 Å². The summed E-state index contributed by atoms with van der Waals surface area (Å²) in [6.07, 6.45) is 1.32. The summed E-state index contributed by atoms with van der Waals surface area (Å²) in [6, 6.07) is 16.9. The lowest BCUT2D eigenvalue weighted by molar-refractivity contribution is -0.122. The molecule has 0 unspecified atom stereocenters. The standard InChI is InChI=1S/C22H13BrN4O4S/c23-12-4-3-5-13(10-12)27-20(29)15(19(28)26-22(27)30)11-14-8-9-18(31-14)32-21-24-16-6-1-2-7-17(16)25-21/h1-11H,(H,24,25)(H,26,28,30)/b15-11+. The van der Waals surface area contributed by atoms with Crippen molar-refractivity contribution in [2.75, 3.05) is 4.90 Å². The number of nitrogens with zero attached hydrogens (tertiary/aromatic N) is 2. The third-order valence-corrected chi connectivity index (χ3v) is 5.92. The Morgan fingerprint density at radius 2 is 1.88 bits per heavy atom. The molecule has 0 aliphatic carbocycles. The van der Waals surface area contributed by atoms with E-state index in [9.17, 15) is 14.4 Å². The van der Waals surface area contributed by atoms with Gasteiger partial charge in [-0.25, -0.2) is 14.7 Å². The first kappa shape index (κ1) is 20.3. The number of fused-ring (bicyclic) bond motifs is 1. The van der Waals surface area contributed by atoms with Crippen molar-refractivity contribution in [3.05, 3.63) is 76.5 Å². The van der Waals surface area contributed by atoms with Gasteiger partial charge in [-0.2, -0.15) is 0 Å². The molecule has 3 heterocycles. The fourth-order valence-corrected chi connectivity index (χ4v) is 4.35. The fourth-order valence-electron chi connectivity index (χ4n) is 3.19. The molecule has 8 nitrogen and oxygen atoms in total. The molecule has 2 aromatic carbocycles. The smallest absolute Gasteiger partial charge is 0.335 e. The number of benzene rings is 2. The van der Waals surface area contributed by atoms with E-state index in [1.54, 1.807) is 36.4 Å². The van der Waals surface area contributed by atoms with E-state index in [4.69, 9.17) is 4.42 Å². The zero-order valence-corrected chi connectivity index (χ0v) is 18.6. The number of para-hydroxylation sites is 2. The zero-order chi connectivity index (χ0) is 22.2. The monoisotopic (exact) mass is 508 g/mol. The topological polar surface area (TPSA) is 108 Å². The van der Waals surface area contributed by atoms with Gasteiger partial charge in [-0.3, -0.25) is 14.9 Å². The summed E-state index contributed by atoms with van der Waals surface area (Å²) in [4.78, 5) is 46.2. The number of H-pyrrole nitrogens is 1. The Morgan fingerprint density at radius 1 is 1.03 bits per heavy atom. The average Bonchev–Trinajstić information content (AvgIpc) is 3.37. The number of aromatic nitrogens is 2. The highest BCUT2D eigenvalue weighted by Crippen LogP contribution is 2.30. The summed E-state index contributed by atoms with van der Waals surface area (Å²) in [5.41, 5.74) is 1.87. The van der Waals surface area contributed by atoms with E-state index in [1.807, 2.05) is 24.3 Å². The molecule has 0 saturated carbocycles. The highest BCUT2D eigenvalue weighted by atomic mass is 79.9. The van der Waals surface area contributed by atoms with Gasteiger partial charge in [-0.1, -0.05) is 34.1 Å². The number of amides is 4. The minimum Gasteiger partial charge on any atom is -0.450 e. The first-order valence-electron chi connectivity index (χ1n) is 9.37. The fraction of sp³-hybridized carbons (Fsp3) is 0. The van der Waals surface area contributed by atoms with Gasteiger partial charge in [0, 0.05) is 4.47 Å². The summed E-state index contributed by atoms with van der Waals surface area (Å²) in [7, 11) is 0. The molecule has 5 rings (SSSR count). The number of carbonyl (C=O) groups excluding carboxylic acids is 3. The molecular formula is C22H13BrN4O4S. The largest absolute Gasteiger partial charge is 0.450 e. The van der Waals surface area contributed by atoms with Crippen LogP contribution in [0.25, 0.3) is 17.1 Å². The van der Waals surface area contributed by atoms with Crippen LogP contribution in [0.15, 0.2) is 85.4 Å². The lowest BCUT2D eigenvalue weighted by atomic mass is 10.1. The number of carbonyl (C=O) groups is 3. The first-order valence-corrected chi connectivity index (χ1v) is 11.0. The third-order valence-electron chi connectivity index (χ3n) is 4.62. The lowest BCUT2D eigenvalue weighted by Gasteiger charge is -2.26. The van der Waals surface area contributed by atoms with Gasteiger partial charge in [0.2, 0.25) is 0 Å². The van der Waals surface area contributed by atoms with Crippen LogP contribution in [-0.2, 0) is 9.59 Å². The van der Waals surface area contributed by atoms with Crippen LogP contribution < -0.4 is 10.2 Å². The SMILES string of the molecule is O=C1NC(=O)N(c2cccc(Br)c2)C(=O)/C1=C/c1ccc(Sc2nc3ccccc3[nH]2)o1. The summed E-state index contributed by atoms with van der Waals surface area (Å²) in [5, 5.41) is 3.37. The molecule has 10 heteroatoms. The van der Waals surface area contributed by atoms with Crippen molar-refractivity contribution in [3.8, 4) is 0 Å². The molecule has 0 radical (unpaired) electrons. The number of nitrogens with one attached hydrogen (secondary N) is 2. The number of imidazole rings is 1. The quantitative estimate of drug-likeness (QED) is 0.304. The summed E-state index contributed by atoms with van der Waals surface area (Å²) in [5.74, 6) is -1.22. The van der Waals surface area contributed by atoms with Crippen LogP contribution in [0.5, 0.6) is 0 Å². The number of furan rings is 1.